The number of piperidine rings is 1. The smallest absolute Gasteiger partial charge is 0.278 e. The highest BCUT2D eigenvalue weighted by atomic mass is 19.1. The molecular weight excluding hydrogens is 545 g/mol. The molecule has 0 saturated carbocycles. The first-order chi connectivity index (χ1) is 21.1. The van der Waals surface area contributed by atoms with E-state index >= 15 is 0 Å². The third-order valence-electron chi connectivity index (χ3n) is 8.78. The topological polar surface area (TPSA) is 89.0 Å². The van der Waals surface area contributed by atoms with Crippen molar-refractivity contribution in [2.24, 2.45) is 5.92 Å². The standard InChI is InChI=1S/C32H36FN9O/c1-3-15-41-31(43)27-18-34-32(37-30(27)42(41)28-12-6-23-13-16-39(4-2)29(23)36-28)35-24-7-10-25(11-8-24)40-20-22-5-9-26(40)21-38(19-22)17-14-33/h3,6-8,10-13,16,18,22,26H,1,4-5,9,14-15,17,19-21H2,2H3,(H,34,35,37). The van der Waals surface area contributed by atoms with Crippen molar-refractivity contribution in [3.05, 3.63) is 77.9 Å². The van der Waals surface area contributed by atoms with Crippen molar-refractivity contribution in [2.45, 2.75) is 38.9 Å². The summed E-state index contributed by atoms with van der Waals surface area (Å²) < 4.78 is 18.5. The van der Waals surface area contributed by atoms with Gasteiger partial charge in [0, 0.05) is 67.9 Å². The molecule has 1 aromatic carbocycles. The number of pyridine rings is 1. The van der Waals surface area contributed by atoms with E-state index in [4.69, 9.17) is 9.97 Å². The molecule has 2 atom stereocenters. The Kier molecular flexibility index (Phi) is 7.18. The summed E-state index contributed by atoms with van der Waals surface area (Å²) in [4.78, 5) is 32.3. The maximum atomic E-state index is 13.4. The van der Waals surface area contributed by atoms with Gasteiger partial charge < -0.3 is 14.8 Å². The van der Waals surface area contributed by atoms with Gasteiger partial charge in [0.2, 0.25) is 5.95 Å². The predicted molar refractivity (Wildman–Crippen MR) is 168 cm³/mol. The first kappa shape index (κ1) is 27.3. The minimum atomic E-state index is -0.290. The Bertz CT molecular complexity index is 1840. The molecule has 5 aromatic rings. The number of benzene rings is 1. The van der Waals surface area contributed by atoms with Crippen LogP contribution in [0.1, 0.15) is 19.8 Å². The number of allylic oxidation sites excluding steroid dienone is 1. The quantitative estimate of drug-likeness (QED) is 0.251. The van der Waals surface area contributed by atoms with Gasteiger partial charge in [-0.25, -0.2) is 23.7 Å². The van der Waals surface area contributed by atoms with Crippen LogP contribution in [0.4, 0.5) is 21.7 Å². The second kappa shape index (κ2) is 11.3. The van der Waals surface area contributed by atoms with Gasteiger partial charge in [-0.3, -0.25) is 9.69 Å². The number of aromatic nitrogens is 6. The number of fused-ring (bicyclic) bond motifs is 6. The minimum absolute atomic E-state index is 0.199. The molecule has 11 heteroatoms. The van der Waals surface area contributed by atoms with Crippen molar-refractivity contribution in [1.29, 1.82) is 0 Å². The fourth-order valence-corrected chi connectivity index (χ4v) is 6.69. The molecule has 3 saturated heterocycles. The van der Waals surface area contributed by atoms with E-state index in [-0.39, 0.29) is 12.2 Å². The third kappa shape index (κ3) is 4.97. The van der Waals surface area contributed by atoms with E-state index in [0.29, 0.717) is 47.8 Å². The summed E-state index contributed by atoms with van der Waals surface area (Å²) in [6, 6.07) is 14.7. The monoisotopic (exact) mass is 581 g/mol. The summed E-state index contributed by atoms with van der Waals surface area (Å²) in [5.41, 5.74) is 3.14. The highest BCUT2D eigenvalue weighted by molar-refractivity contribution is 5.80. The van der Waals surface area contributed by atoms with Crippen LogP contribution in [0.5, 0.6) is 0 Å². The first-order valence-electron chi connectivity index (χ1n) is 15.0. The van der Waals surface area contributed by atoms with E-state index in [1.165, 1.54) is 12.1 Å². The van der Waals surface area contributed by atoms with Gasteiger partial charge in [0.15, 0.2) is 11.5 Å². The molecule has 7 heterocycles. The van der Waals surface area contributed by atoms with Crippen LogP contribution in [0, 0.1) is 5.92 Å². The van der Waals surface area contributed by atoms with Gasteiger partial charge in [0.1, 0.15) is 17.7 Å². The predicted octanol–water partition coefficient (Wildman–Crippen LogP) is 4.75. The van der Waals surface area contributed by atoms with Crippen LogP contribution in [0.15, 0.2) is 72.3 Å². The van der Waals surface area contributed by atoms with E-state index in [1.54, 1.807) is 21.6 Å². The molecule has 8 rings (SSSR count). The van der Waals surface area contributed by atoms with Crippen LogP contribution in [-0.2, 0) is 13.1 Å². The van der Waals surface area contributed by atoms with Crippen molar-refractivity contribution < 1.29 is 4.39 Å². The largest absolute Gasteiger partial charge is 0.367 e. The van der Waals surface area contributed by atoms with Crippen LogP contribution >= 0.6 is 0 Å². The number of hydrogen-bond donors (Lipinski definition) is 1. The summed E-state index contributed by atoms with van der Waals surface area (Å²) >= 11 is 0. The molecule has 2 unspecified atom stereocenters. The Morgan fingerprint density at radius 1 is 1.05 bits per heavy atom. The van der Waals surface area contributed by atoms with Crippen LogP contribution in [-0.4, -0.2) is 72.7 Å². The molecule has 1 N–H and O–H groups in total. The fourth-order valence-electron chi connectivity index (χ4n) is 6.69. The second-order valence-corrected chi connectivity index (χ2v) is 11.5. The molecule has 222 valence electrons. The Hall–Kier alpha value is -4.51. The van der Waals surface area contributed by atoms with Crippen molar-refractivity contribution in [3.8, 4) is 5.82 Å². The maximum absolute atomic E-state index is 13.4. The third-order valence-corrected chi connectivity index (χ3v) is 8.78. The lowest BCUT2D eigenvalue weighted by Gasteiger charge is -2.38. The number of hydrogen-bond acceptors (Lipinski definition) is 7. The van der Waals surface area contributed by atoms with E-state index in [9.17, 15) is 9.18 Å². The van der Waals surface area contributed by atoms with Gasteiger partial charge in [-0.05, 0) is 68.1 Å². The summed E-state index contributed by atoms with van der Waals surface area (Å²) in [6.45, 7) is 10.1. The summed E-state index contributed by atoms with van der Waals surface area (Å²) in [6.07, 6.45) is 7.62. The lowest BCUT2D eigenvalue weighted by Crippen LogP contribution is -2.44. The number of aryl methyl sites for hydroxylation is 1. The average Bonchev–Trinajstić information content (AvgIpc) is 3.40. The number of anilines is 3. The van der Waals surface area contributed by atoms with Crippen LogP contribution in [0.25, 0.3) is 27.9 Å². The minimum Gasteiger partial charge on any atom is -0.367 e. The Labute approximate surface area is 249 Å². The SMILES string of the molecule is C=CCn1c(=O)c2cnc(Nc3ccc(N4CC5CCC4CN(CCF)C5)cc3)nc2n1-c1ccc2ccn(CC)c2n1. The fraction of sp³-hybridized carbons (Fsp3) is 0.375. The molecule has 3 fully saturated rings. The van der Waals surface area contributed by atoms with E-state index in [1.807, 2.05) is 36.5 Å². The summed E-state index contributed by atoms with van der Waals surface area (Å²) in [5, 5.41) is 4.76. The summed E-state index contributed by atoms with van der Waals surface area (Å²) in [5.74, 6) is 1.55. The Morgan fingerprint density at radius 2 is 1.91 bits per heavy atom. The lowest BCUT2D eigenvalue weighted by molar-refractivity contribution is 0.240. The second-order valence-electron chi connectivity index (χ2n) is 11.5. The van der Waals surface area contributed by atoms with Crippen molar-refractivity contribution in [3.63, 3.8) is 0 Å². The zero-order chi connectivity index (χ0) is 29.5. The molecule has 0 radical (unpaired) electrons. The zero-order valence-corrected chi connectivity index (χ0v) is 24.4. The highest BCUT2D eigenvalue weighted by Crippen LogP contribution is 2.33. The number of rotatable bonds is 9. The van der Waals surface area contributed by atoms with Gasteiger partial charge in [-0.2, -0.15) is 4.98 Å². The zero-order valence-electron chi connectivity index (χ0n) is 24.4. The molecule has 0 aliphatic carbocycles. The van der Waals surface area contributed by atoms with Crippen LogP contribution in [0.2, 0.25) is 0 Å². The van der Waals surface area contributed by atoms with E-state index in [0.717, 1.165) is 49.3 Å². The molecule has 3 aliphatic rings. The Morgan fingerprint density at radius 3 is 2.70 bits per heavy atom. The number of alkyl halides is 1. The average molecular weight is 582 g/mol. The van der Waals surface area contributed by atoms with E-state index < -0.39 is 0 Å². The number of nitrogens with one attached hydrogen (secondary N) is 1. The molecule has 0 spiro atoms. The van der Waals surface area contributed by atoms with Gasteiger partial charge in [-0.15, -0.1) is 6.58 Å². The van der Waals surface area contributed by atoms with E-state index in [2.05, 4.69) is 50.3 Å². The normalized spacial score (nSPS) is 18.9. The molecular formula is C32H36FN9O. The number of nitrogens with zero attached hydrogens (tertiary/aromatic N) is 8. The van der Waals surface area contributed by atoms with Gasteiger partial charge in [0.05, 0.1) is 6.54 Å². The molecule has 10 nitrogen and oxygen atoms in total. The van der Waals surface area contributed by atoms with Gasteiger partial charge in [0.25, 0.3) is 5.56 Å². The molecule has 2 bridgehead atoms. The molecule has 4 aromatic heterocycles. The Balaban J connectivity index is 1.19. The lowest BCUT2D eigenvalue weighted by atomic mass is 9.94. The van der Waals surface area contributed by atoms with Crippen LogP contribution < -0.4 is 15.8 Å². The molecule has 3 aliphatic heterocycles. The van der Waals surface area contributed by atoms with Crippen molar-refractivity contribution >= 4 is 39.4 Å². The number of halogens is 1. The highest BCUT2D eigenvalue weighted by Gasteiger charge is 2.34. The first-order valence-corrected chi connectivity index (χ1v) is 15.0. The summed E-state index contributed by atoms with van der Waals surface area (Å²) in [7, 11) is 0. The van der Waals surface area contributed by atoms with Crippen molar-refractivity contribution in [1.82, 2.24) is 33.8 Å². The van der Waals surface area contributed by atoms with Crippen molar-refractivity contribution in [2.75, 3.05) is 43.1 Å². The van der Waals surface area contributed by atoms with Crippen LogP contribution in [0.3, 0.4) is 0 Å². The van der Waals surface area contributed by atoms with Gasteiger partial charge in [-0.1, -0.05) is 6.08 Å². The molecule has 0 amide bonds. The van der Waals surface area contributed by atoms with Gasteiger partial charge >= 0.3 is 0 Å². The molecule has 43 heavy (non-hydrogen) atoms. The maximum Gasteiger partial charge on any atom is 0.278 e.